The second-order valence-corrected chi connectivity index (χ2v) is 10.5. The van der Waals surface area contributed by atoms with Crippen LogP contribution in [0.5, 0.6) is 0 Å². The zero-order valence-electron chi connectivity index (χ0n) is 16.5. The Hall–Kier alpha value is -1.93. The highest BCUT2D eigenvalue weighted by molar-refractivity contribution is 7.91. The normalized spacial score (nSPS) is 28.3. The van der Waals surface area contributed by atoms with Crippen molar-refractivity contribution in [2.24, 2.45) is 5.92 Å². The summed E-state index contributed by atoms with van der Waals surface area (Å²) in [5.41, 5.74) is 0.781. The number of hydrogen-bond acceptors (Lipinski definition) is 5. The number of carbonyl (C=O) groups excluding carboxylic acids is 2. The minimum atomic E-state index is -3.33. The molecule has 0 spiro atoms. The van der Waals surface area contributed by atoms with E-state index >= 15 is 0 Å². The average molecular weight is 421 g/mol. The molecule has 0 radical (unpaired) electrons. The Bertz CT molecular complexity index is 851. The summed E-state index contributed by atoms with van der Waals surface area (Å²) >= 11 is 0. The van der Waals surface area contributed by atoms with Crippen LogP contribution < -0.4 is 0 Å². The molecule has 3 aliphatic rings. The van der Waals surface area contributed by atoms with Crippen molar-refractivity contribution in [2.45, 2.75) is 37.0 Å². The topological polar surface area (TPSA) is 84.0 Å². The van der Waals surface area contributed by atoms with E-state index in [-0.39, 0.29) is 42.5 Å². The number of likely N-dealkylation sites (tertiary alicyclic amines) is 1. The van der Waals surface area contributed by atoms with Gasteiger partial charge in [0.1, 0.15) is 0 Å². The Balaban J connectivity index is 1.43. The van der Waals surface area contributed by atoms with Crippen LogP contribution in [0, 0.1) is 5.92 Å². The summed E-state index contributed by atoms with van der Waals surface area (Å²) < 4.78 is 31.0. The van der Waals surface area contributed by atoms with E-state index < -0.39 is 15.1 Å². The summed E-state index contributed by atoms with van der Waals surface area (Å²) in [7, 11) is -3.33. The largest absolute Gasteiger partial charge is 0.381 e. The molecule has 2 atom stereocenters. The van der Waals surface area contributed by atoms with Crippen molar-refractivity contribution in [3.05, 3.63) is 35.9 Å². The molecule has 2 amide bonds. The predicted molar refractivity (Wildman–Crippen MR) is 108 cm³/mol. The molecule has 0 aromatic heterocycles. The predicted octanol–water partition coefficient (Wildman–Crippen LogP) is 1.40. The highest BCUT2D eigenvalue weighted by atomic mass is 32.2. The van der Waals surface area contributed by atoms with Gasteiger partial charge < -0.3 is 14.5 Å². The number of nitrogens with zero attached hydrogens (tertiary/aromatic N) is 2. The maximum atomic E-state index is 13.1. The minimum absolute atomic E-state index is 0.0276. The van der Waals surface area contributed by atoms with Gasteiger partial charge in [-0.05, 0) is 24.8 Å². The van der Waals surface area contributed by atoms with E-state index in [2.05, 4.69) is 0 Å². The molecule has 0 aliphatic carbocycles. The lowest BCUT2D eigenvalue weighted by molar-refractivity contribution is -0.135. The van der Waals surface area contributed by atoms with Gasteiger partial charge in [0.25, 0.3) is 0 Å². The lowest BCUT2D eigenvalue weighted by Crippen LogP contribution is -2.42. The summed E-state index contributed by atoms with van der Waals surface area (Å²) in [4.78, 5) is 29.1. The van der Waals surface area contributed by atoms with E-state index in [1.54, 1.807) is 4.90 Å². The van der Waals surface area contributed by atoms with Gasteiger partial charge in [-0.1, -0.05) is 30.3 Å². The first kappa shape index (κ1) is 20.3. The zero-order chi connectivity index (χ0) is 20.4. The summed E-state index contributed by atoms with van der Waals surface area (Å²) in [5.74, 6) is -0.471. The van der Waals surface area contributed by atoms with Crippen molar-refractivity contribution in [1.82, 2.24) is 9.80 Å². The standard InChI is InChI=1S/C21H28N2O5S/c24-20-14-17(15-23(20)18-7-11-28-12-8-18)21(25)22-9-6-19(29(26,27)13-10-22)16-4-2-1-3-5-16/h1-5,17-19H,6-15H2/t17-,19-/m0/s1. The van der Waals surface area contributed by atoms with Gasteiger partial charge in [0.2, 0.25) is 11.8 Å². The number of sulfone groups is 1. The lowest BCUT2D eigenvalue weighted by Gasteiger charge is -2.31. The number of rotatable bonds is 3. The first-order valence-electron chi connectivity index (χ1n) is 10.4. The first-order chi connectivity index (χ1) is 14.0. The van der Waals surface area contributed by atoms with Crippen LogP contribution in [0.25, 0.3) is 0 Å². The van der Waals surface area contributed by atoms with E-state index in [0.717, 1.165) is 18.4 Å². The molecule has 1 aromatic rings. The highest BCUT2D eigenvalue weighted by Crippen LogP contribution is 2.31. The van der Waals surface area contributed by atoms with Crippen molar-refractivity contribution in [3.8, 4) is 0 Å². The number of ether oxygens (including phenoxy) is 1. The SMILES string of the molecule is O=C([C@H]1CC(=O)N(C2CCOCC2)C1)N1CC[C@@H](c2ccccc2)S(=O)(=O)CC1. The fraction of sp³-hybridized carbons (Fsp3) is 0.619. The van der Waals surface area contributed by atoms with Gasteiger partial charge in [-0.25, -0.2) is 8.42 Å². The fourth-order valence-corrected chi connectivity index (χ4v) is 6.51. The molecule has 0 saturated carbocycles. The molecule has 29 heavy (non-hydrogen) atoms. The molecular weight excluding hydrogens is 392 g/mol. The molecule has 3 heterocycles. The van der Waals surface area contributed by atoms with Crippen molar-refractivity contribution in [3.63, 3.8) is 0 Å². The molecule has 0 unspecified atom stereocenters. The van der Waals surface area contributed by atoms with Gasteiger partial charge in [-0.3, -0.25) is 9.59 Å². The number of amides is 2. The quantitative estimate of drug-likeness (QED) is 0.738. The van der Waals surface area contributed by atoms with Crippen LogP contribution >= 0.6 is 0 Å². The molecule has 7 nitrogen and oxygen atoms in total. The van der Waals surface area contributed by atoms with Gasteiger partial charge in [-0.15, -0.1) is 0 Å². The van der Waals surface area contributed by atoms with E-state index in [0.29, 0.717) is 32.7 Å². The molecule has 1 aromatic carbocycles. The molecule has 0 N–H and O–H groups in total. The maximum absolute atomic E-state index is 13.1. The third-order valence-corrected chi connectivity index (χ3v) is 8.49. The highest BCUT2D eigenvalue weighted by Gasteiger charge is 2.41. The number of hydrogen-bond donors (Lipinski definition) is 0. The van der Waals surface area contributed by atoms with Crippen LogP contribution in [0.3, 0.4) is 0 Å². The average Bonchev–Trinajstić information content (AvgIpc) is 3.04. The number of carbonyl (C=O) groups is 2. The van der Waals surface area contributed by atoms with E-state index in [9.17, 15) is 18.0 Å². The Morgan fingerprint density at radius 2 is 1.76 bits per heavy atom. The van der Waals surface area contributed by atoms with Crippen LogP contribution in [0.15, 0.2) is 30.3 Å². The van der Waals surface area contributed by atoms with Gasteiger partial charge in [0, 0.05) is 45.3 Å². The van der Waals surface area contributed by atoms with Gasteiger partial charge in [0.15, 0.2) is 9.84 Å². The Kier molecular flexibility index (Phi) is 5.92. The van der Waals surface area contributed by atoms with Crippen LogP contribution in [-0.4, -0.2) is 74.7 Å². The van der Waals surface area contributed by atoms with Crippen molar-refractivity contribution in [1.29, 1.82) is 0 Å². The van der Waals surface area contributed by atoms with Gasteiger partial charge >= 0.3 is 0 Å². The third kappa shape index (κ3) is 4.33. The van der Waals surface area contributed by atoms with Crippen LogP contribution in [0.1, 0.15) is 36.5 Å². The third-order valence-electron chi connectivity index (χ3n) is 6.36. The summed E-state index contributed by atoms with van der Waals surface area (Å²) in [6, 6.07) is 9.37. The van der Waals surface area contributed by atoms with E-state index in [1.807, 2.05) is 35.2 Å². The molecule has 3 fully saturated rings. The maximum Gasteiger partial charge on any atom is 0.228 e. The molecule has 0 bridgehead atoms. The molecule has 3 saturated heterocycles. The summed E-state index contributed by atoms with van der Waals surface area (Å²) in [6.07, 6.45) is 2.24. The molecule has 8 heteroatoms. The fourth-order valence-electron chi connectivity index (χ4n) is 4.71. The smallest absolute Gasteiger partial charge is 0.228 e. The Morgan fingerprint density at radius 1 is 1.03 bits per heavy atom. The van der Waals surface area contributed by atoms with Crippen molar-refractivity contribution < 1.29 is 22.7 Å². The second-order valence-electron chi connectivity index (χ2n) is 8.17. The molecule has 3 aliphatic heterocycles. The molecule has 4 rings (SSSR count). The summed E-state index contributed by atoms with van der Waals surface area (Å²) in [6.45, 7) is 2.34. The summed E-state index contributed by atoms with van der Waals surface area (Å²) in [5, 5.41) is -0.578. The van der Waals surface area contributed by atoms with E-state index in [4.69, 9.17) is 4.74 Å². The molecular formula is C21H28N2O5S. The second kappa shape index (κ2) is 8.44. The Morgan fingerprint density at radius 3 is 2.48 bits per heavy atom. The van der Waals surface area contributed by atoms with Gasteiger partial charge in [-0.2, -0.15) is 0 Å². The van der Waals surface area contributed by atoms with Crippen LogP contribution in [-0.2, 0) is 24.2 Å². The van der Waals surface area contributed by atoms with Crippen molar-refractivity contribution in [2.75, 3.05) is 38.6 Å². The van der Waals surface area contributed by atoms with Crippen LogP contribution in [0.2, 0.25) is 0 Å². The molecule has 158 valence electrons. The zero-order valence-corrected chi connectivity index (χ0v) is 17.4. The number of benzene rings is 1. The monoisotopic (exact) mass is 420 g/mol. The first-order valence-corrected chi connectivity index (χ1v) is 12.1. The van der Waals surface area contributed by atoms with Gasteiger partial charge in [0.05, 0.1) is 16.9 Å². The van der Waals surface area contributed by atoms with E-state index in [1.165, 1.54) is 0 Å². The van der Waals surface area contributed by atoms with Crippen molar-refractivity contribution >= 4 is 21.7 Å². The van der Waals surface area contributed by atoms with Crippen LogP contribution in [0.4, 0.5) is 0 Å². The Labute approximate surface area is 171 Å². The lowest BCUT2D eigenvalue weighted by atomic mass is 10.1. The minimum Gasteiger partial charge on any atom is -0.381 e.